The standard InChI is InChI=1S/C22H26N6O3/c1-14(2)9-11-26-20(30)17-8-7-15(19(29)24-16-5-3-4-6-16)13-18(17)28-21(26)25-27(12-10-23)22(28)31/h7-8,13-14,16H,3-6,9,11-12H2,1-2H3,(H,24,29). The van der Waals surface area contributed by atoms with Gasteiger partial charge in [-0.3, -0.25) is 14.2 Å². The molecule has 0 spiro atoms. The first-order valence-corrected chi connectivity index (χ1v) is 10.7. The molecule has 0 radical (unpaired) electrons. The zero-order valence-electron chi connectivity index (χ0n) is 17.8. The van der Waals surface area contributed by atoms with Crippen LogP contribution in [0.3, 0.4) is 0 Å². The van der Waals surface area contributed by atoms with Gasteiger partial charge in [0.15, 0.2) is 0 Å². The molecule has 1 aliphatic carbocycles. The summed E-state index contributed by atoms with van der Waals surface area (Å²) >= 11 is 0. The second-order valence-corrected chi connectivity index (χ2v) is 8.56. The summed E-state index contributed by atoms with van der Waals surface area (Å²) in [6, 6.07) is 6.87. The number of rotatable bonds is 6. The number of benzene rings is 1. The SMILES string of the molecule is CC(C)CCn1c(=O)c2ccc(C(=O)NC3CCCC3)cc2n2c(=O)n(CC#N)nc12. The van der Waals surface area contributed by atoms with Crippen LogP contribution in [0.2, 0.25) is 0 Å². The quantitative estimate of drug-likeness (QED) is 0.653. The zero-order chi connectivity index (χ0) is 22.1. The molecule has 0 bridgehead atoms. The van der Waals surface area contributed by atoms with Gasteiger partial charge in [-0.15, -0.1) is 5.10 Å². The third-order valence-electron chi connectivity index (χ3n) is 5.88. The number of nitriles is 1. The summed E-state index contributed by atoms with van der Waals surface area (Å²) in [4.78, 5) is 39.0. The Kier molecular flexibility index (Phi) is 5.63. The number of nitrogens with one attached hydrogen (secondary N) is 1. The van der Waals surface area contributed by atoms with Gasteiger partial charge in [-0.2, -0.15) is 9.94 Å². The molecule has 0 atom stereocenters. The Hall–Kier alpha value is -3.41. The van der Waals surface area contributed by atoms with E-state index < -0.39 is 5.69 Å². The highest BCUT2D eigenvalue weighted by Gasteiger charge is 2.21. The minimum atomic E-state index is -0.506. The summed E-state index contributed by atoms with van der Waals surface area (Å²) in [5, 5.41) is 16.7. The van der Waals surface area contributed by atoms with Crippen molar-refractivity contribution in [2.24, 2.45) is 5.92 Å². The molecule has 4 rings (SSSR count). The van der Waals surface area contributed by atoms with Crippen LogP contribution in [-0.2, 0) is 13.1 Å². The number of hydrogen-bond donors (Lipinski definition) is 1. The molecule has 0 aliphatic heterocycles. The number of carbonyl (C=O) groups excluding carboxylic acids is 1. The molecule has 9 heteroatoms. The molecule has 1 N–H and O–H groups in total. The topological polar surface area (TPSA) is 114 Å². The highest BCUT2D eigenvalue weighted by atomic mass is 16.2. The van der Waals surface area contributed by atoms with E-state index in [-0.39, 0.29) is 29.8 Å². The van der Waals surface area contributed by atoms with E-state index in [9.17, 15) is 14.4 Å². The molecule has 2 aromatic heterocycles. The number of carbonyl (C=O) groups is 1. The van der Waals surface area contributed by atoms with Crippen LogP contribution in [0, 0.1) is 17.2 Å². The number of aromatic nitrogens is 4. The zero-order valence-corrected chi connectivity index (χ0v) is 17.8. The summed E-state index contributed by atoms with van der Waals surface area (Å²) in [7, 11) is 0. The van der Waals surface area contributed by atoms with Crippen LogP contribution in [-0.4, -0.2) is 30.7 Å². The van der Waals surface area contributed by atoms with E-state index in [1.54, 1.807) is 18.2 Å². The van der Waals surface area contributed by atoms with Gasteiger partial charge in [0.1, 0.15) is 6.54 Å². The van der Waals surface area contributed by atoms with E-state index in [4.69, 9.17) is 5.26 Å². The van der Waals surface area contributed by atoms with Gasteiger partial charge in [0.05, 0.1) is 17.0 Å². The molecule has 1 saturated carbocycles. The largest absolute Gasteiger partial charge is 0.353 e. The predicted molar refractivity (Wildman–Crippen MR) is 116 cm³/mol. The van der Waals surface area contributed by atoms with E-state index in [1.807, 2.05) is 6.07 Å². The summed E-state index contributed by atoms with van der Waals surface area (Å²) in [5.41, 5.74) is -0.0535. The lowest BCUT2D eigenvalue weighted by Gasteiger charge is -2.14. The Morgan fingerprint density at radius 3 is 2.71 bits per heavy atom. The molecular formula is C22H26N6O3. The average Bonchev–Trinajstić information content (AvgIpc) is 3.36. The molecule has 1 aromatic carbocycles. The first-order chi connectivity index (χ1) is 14.9. The van der Waals surface area contributed by atoms with Crippen molar-refractivity contribution in [1.29, 1.82) is 5.26 Å². The number of nitrogens with zero attached hydrogens (tertiary/aromatic N) is 5. The first kappa shape index (κ1) is 20.8. The second-order valence-electron chi connectivity index (χ2n) is 8.56. The fourth-order valence-electron chi connectivity index (χ4n) is 4.15. The van der Waals surface area contributed by atoms with Gasteiger partial charge in [0, 0.05) is 18.2 Å². The monoisotopic (exact) mass is 422 g/mol. The van der Waals surface area contributed by atoms with E-state index >= 15 is 0 Å². The van der Waals surface area contributed by atoms with Crippen LogP contribution >= 0.6 is 0 Å². The molecule has 0 saturated heterocycles. The molecule has 31 heavy (non-hydrogen) atoms. The van der Waals surface area contributed by atoms with Crippen molar-refractivity contribution in [2.45, 2.75) is 65.1 Å². The first-order valence-electron chi connectivity index (χ1n) is 10.7. The summed E-state index contributed by atoms with van der Waals surface area (Å²) in [6.45, 7) is 4.29. The molecule has 1 aliphatic rings. The molecule has 3 aromatic rings. The van der Waals surface area contributed by atoms with Crippen LogP contribution in [0.5, 0.6) is 0 Å². The fourth-order valence-corrected chi connectivity index (χ4v) is 4.15. The molecule has 162 valence electrons. The fraction of sp³-hybridized carbons (Fsp3) is 0.500. The molecule has 0 unspecified atom stereocenters. The van der Waals surface area contributed by atoms with Crippen LogP contribution in [0.15, 0.2) is 27.8 Å². The van der Waals surface area contributed by atoms with Crippen molar-refractivity contribution in [1.82, 2.24) is 24.1 Å². The highest BCUT2D eigenvalue weighted by molar-refractivity contribution is 5.98. The Balaban J connectivity index is 1.90. The minimum absolute atomic E-state index is 0.161. The number of aryl methyl sites for hydroxylation is 1. The summed E-state index contributed by atoms with van der Waals surface area (Å²) in [6.07, 6.45) is 4.87. The summed E-state index contributed by atoms with van der Waals surface area (Å²) < 4.78 is 3.86. The Morgan fingerprint density at radius 2 is 2.03 bits per heavy atom. The number of amides is 1. The van der Waals surface area contributed by atoms with Crippen LogP contribution in [0.25, 0.3) is 16.7 Å². The maximum absolute atomic E-state index is 13.2. The van der Waals surface area contributed by atoms with Crippen molar-refractivity contribution in [2.75, 3.05) is 0 Å². The second kappa shape index (κ2) is 8.38. The summed E-state index contributed by atoms with van der Waals surface area (Å²) in [5.74, 6) is 0.326. The Labute approximate surface area is 178 Å². The lowest BCUT2D eigenvalue weighted by Crippen LogP contribution is -2.33. The average molecular weight is 422 g/mol. The van der Waals surface area contributed by atoms with Crippen molar-refractivity contribution < 1.29 is 4.79 Å². The smallest absolute Gasteiger partial charge is 0.349 e. The molecular weight excluding hydrogens is 396 g/mol. The van der Waals surface area contributed by atoms with Gasteiger partial charge in [-0.1, -0.05) is 26.7 Å². The lowest BCUT2D eigenvalue weighted by molar-refractivity contribution is 0.0938. The van der Waals surface area contributed by atoms with Gasteiger partial charge < -0.3 is 5.32 Å². The predicted octanol–water partition coefficient (Wildman–Crippen LogP) is 2.05. The van der Waals surface area contributed by atoms with Crippen molar-refractivity contribution in [3.05, 3.63) is 44.6 Å². The Bertz CT molecular complexity index is 1300. The maximum Gasteiger partial charge on any atom is 0.353 e. The lowest BCUT2D eigenvalue weighted by atomic mass is 10.1. The number of fused-ring (bicyclic) bond motifs is 3. The van der Waals surface area contributed by atoms with Gasteiger partial charge in [0.2, 0.25) is 5.78 Å². The van der Waals surface area contributed by atoms with Crippen LogP contribution in [0.1, 0.15) is 56.3 Å². The van der Waals surface area contributed by atoms with E-state index in [0.717, 1.165) is 36.8 Å². The van der Waals surface area contributed by atoms with E-state index in [1.165, 1.54) is 8.97 Å². The van der Waals surface area contributed by atoms with Gasteiger partial charge >= 0.3 is 5.69 Å². The van der Waals surface area contributed by atoms with Crippen molar-refractivity contribution >= 4 is 22.6 Å². The molecule has 2 heterocycles. The number of hydrogen-bond acceptors (Lipinski definition) is 5. The van der Waals surface area contributed by atoms with Gasteiger partial charge in [0.25, 0.3) is 11.5 Å². The van der Waals surface area contributed by atoms with Gasteiger partial charge in [-0.25, -0.2) is 9.20 Å². The Morgan fingerprint density at radius 1 is 1.29 bits per heavy atom. The molecule has 1 amide bonds. The van der Waals surface area contributed by atoms with E-state index in [2.05, 4.69) is 24.3 Å². The van der Waals surface area contributed by atoms with Crippen molar-refractivity contribution in [3.8, 4) is 6.07 Å². The third-order valence-corrected chi connectivity index (χ3v) is 5.88. The maximum atomic E-state index is 13.2. The van der Waals surface area contributed by atoms with Crippen molar-refractivity contribution in [3.63, 3.8) is 0 Å². The molecule has 1 fully saturated rings. The third kappa shape index (κ3) is 3.85. The van der Waals surface area contributed by atoms with Crippen LogP contribution < -0.4 is 16.6 Å². The highest BCUT2D eigenvalue weighted by Crippen LogP contribution is 2.19. The minimum Gasteiger partial charge on any atom is -0.349 e. The molecule has 9 nitrogen and oxygen atoms in total. The van der Waals surface area contributed by atoms with E-state index in [0.29, 0.717) is 28.9 Å². The normalized spacial score (nSPS) is 14.5. The van der Waals surface area contributed by atoms with Gasteiger partial charge in [-0.05, 0) is 43.4 Å². The van der Waals surface area contributed by atoms with Crippen LogP contribution in [0.4, 0.5) is 0 Å².